The summed E-state index contributed by atoms with van der Waals surface area (Å²) in [5, 5.41) is 11.9. The summed E-state index contributed by atoms with van der Waals surface area (Å²) in [6.45, 7) is 0.632. The number of methoxy groups -OCH3 is 1. The molecule has 1 aliphatic heterocycles. The molecule has 10 heteroatoms. The summed E-state index contributed by atoms with van der Waals surface area (Å²) >= 11 is 0. The summed E-state index contributed by atoms with van der Waals surface area (Å²) in [5.41, 5.74) is 2.17. The first-order chi connectivity index (χ1) is 14.5. The first-order valence-electron chi connectivity index (χ1n) is 9.27. The van der Waals surface area contributed by atoms with Gasteiger partial charge in [-0.3, -0.25) is 4.79 Å². The maximum Gasteiger partial charge on any atom is 0.230 e. The molecule has 156 valence electrons. The van der Waals surface area contributed by atoms with Gasteiger partial charge in [-0.2, -0.15) is 15.3 Å². The Hall–Kier alpha value is -3.27. The number of carbonyl (C=O) groups excluding carboxylic acids is 1. The molecular weight excluding hydrogens is 399 g/mol. The molecule has 3 aromatic rings. The number of anilines is 1. The third-order valence-corrected chi connectivity index (χ3v) is 5.07. The van der Waals surface area contributed by atoms with E-state index in [9.17, 15) is 18.0 Å². The topological polar surface area (TPSA) is 73.1 Å². The van der Waals surface area contributed by atoms with E-state index >= 15 is 0 Å². The fourth-order valence-electron chi connectivity index (χ4n) is 3.67. The van der Waals surface area contributed by atoms with Crippen molar-refractivity contribution in [2.75, 3.05) is 18.6 Å². The van der Waals surface area contributed by atoms with Crippen LogP contribution in [0, 0.1) is 23.4 Å². The van der Waals surface area contributed by atoms with Crippen molar-refractivity contribution < 1.29 is 22.7 Å². The zero-order valence-corrected chi connectivity index (χ0v) is 16.1. The van der Waals surface area contributed by atoms with Crippen LogP contribution in [0.25, 0.3) is 5.69 Å². The van der Waals surface area contributed by atoms with Crippen molar-refractivity contribution >= 4 is 11.6 Å². The van der Waals surface area contributed by atoms with E-state index < -0.39 is 23.4 Å². The van der Waals surface area contributed by atoms with Gasteiger partial charge in [-0.05, 0) is 36.6 Å². The lowest BCUT2D eigenvalue weighted by Crippen LogP contribution is -2.28. The first-order valence-corrected chi connectivity index (χ1v) is 9.27. The summed E-state index contributed by atoms with van der Waals surface area (Å²) in [6, 6.07) is 3.59. The molecule has 0 spiro atoms. The number of hydrogen-bond donors (Lipinski definition) is 0. The number of ether oxygens (including phenoxy) is 1. The summed E-state index contributed by atoms with van der Waals surface area (Å²) in [6.07, 6.45) is 5.26. The minimum absolute atomic E-state index is 0.117. The van der Waals surface area contributed by atoms with Gasteiger partial charge in [0, 0.05) is 19.6 Å². The van der Waals surface area contributed by atoms with Gasteiger partial charge in [0.05, 0.1) is 42.3 Å². The summed E-state index contributed by atoms with van der Waals surface area (Å²) in [7, 11) is 1.54. The number of hydrogen-bond acceptors (Lipinski definition) is 5. The molecule has 1 atom stereocenters. The monoisotopic (exact) mass is 417 g/mol. The van der Waals surface area contributed by atoms with Crippen LogP contribution in [0.2, 0.25) is 0 Å². The van der Waals surface area contributed by atoms with Gasteiger partial charge >= 0.3 is 0 Å². The third-order valence-electron chi connectivity index (χ3n) is 5.07. The smallest absolute Gasteiger partial charge is 0.230 e. The van der Waals surface area contributed by atoms with Gasteiger partial charge in [-0.25, -0.2) is 17.9 Å². The van der Waals surface area contributed by atoms with Crippen LogP contribution in [0.4, 0.5) is 18.9 Å². The Morgan fingerprint density at radius 2 is 1.93 bits per heavy atom. The van der Waals surface area contributed by atoms with E-state index in [4.69, 9.17) is 4.74 Å². The second-order valence-electron chi connectivity index (χ2n) is 6.98. The highest BCUT2D eigenvalue weighted by Crippen LogP contribution is 2.31. The lowest BCUT2D eigenvalue weighted by molar-refractivity contribution is -0.120. The number of amides is 1. The Kier molecular flexibility index (Phi) is 5.49. The van der Waals surface area contributed by atoms with Crippen LogP contribution in [0.3, 0.4) is 0 Å². The van der Waals surface area contributed by atoms with Crippen LogP contribution in [0.1, 0.15) is 17.7 Å². The van der Waals surface area contributed by atoms with E-state index in [0.717, 1.165) is 12.1 Å². The Morgan fingerprint density at radius 3 is 2.60 bits per heavy atom. The average Bonchev–Trinajstić information content (AvgIpc) is 3.31. The number of aromatic nitrogens is 4. The summed E-state index contributed by atoms with van der Waals surface area (Å²) < 4.78 is 47.1. The molecular formula is C20H18F3N5O2. The molecule has 1 amide bonds. The van der Waals surface area contributed by atoms with Gasteiger partial charge in [0.2, 0.25) is 5.91 Å². The molecule has 4 rings (SSSR count). The molecule has 0 saturated carbocycles. The van der Waals surface area contributed by atoms with Crippen molar-refractivity contribution in [3.63, 3.8) is 0 Å². The lowest BCUT2D eigenvalue weighted by atomic mass is 9.98. The largest absolute Gasteiger partial charge is 0.378 e. The van der Waals surface area contributed by atoms with Gasteiger partial charge in [0.1, 0.15) is 0 Å². The zero-order chi connectivity index (χ0) is 21.3. The zero-order valence-electron chi connectivity index (χ0n) is 16.1. The Morgan fingerprint density at radius 1 is 1.17 bits per heavy atom. The van der Waals surface area contributed by atoms with Crippen molar-refractivity contribution in [3.8, 4) is 5.69 Å². The highest BCUT2D eigenvalue weighted by molar-refractivity contribution is 5.97. The molecule has 0 aliphatic carbocycles. The minimum atomic E-state index is -1.51. The molecule has 3 heterocycles. The van der Waals surface area contributed by atoms with Crippen LogP contribution in [-0.4, -0.2) is 39.5 Å². The molecule has 2 aromatic heterocycles. The highest BCUT2D eigenvalue weighted by Gasteiger charge is 2.35. The molecule has 1 aromatic carbocycles. The normalized spacial score (nSPS) is 16.5. The second-order valence-corrected chi connectivity index (χ2v) is 6.98. The van der Waals surface area contributed by atoms with Crippen molar-refractivity contribution in [2.24, 2.45) is 5.92 Å². The SMILES string of the molecule is COCc1c(N2CCC(Cc3cc(F)c(F)c(F)c3)C2=O)cnn1-c1ccnnc1. The minimum Gasteiger partial charge on any atom is -0.378 e. The maximum atomic E-state index is 13.5. The molecule has 1 saturated heterocycles. The maximum absolute atomic E-state index is 13.5. The van der Waals surface area contributed by atoms with E-state index in [0.29, 0.717) is 30.0 Å². The van der Waals surface area contributed by atoms with Gasteiger partial charge < -0.3 is 9.64 Å². The number of rotatable bonds is 6. The van der Waals surface area contributed by atoms with Crippen LogP contribution in [-0.2, 0) is 22.6 Å². The lowest BCUT2D eigenvalue weighted by Gasteiger charge is -2.18. The van der Waals surface area contributed by atoms with Crippen molar-refractivity contribution in [3.05, 3.63) is 65.5 Å². The second kappa shape index (κ2) is 8.23. The quantitative estimate of drug-likeness (QED) is 0.577. The van der Waals surface area contributed by atoms with Crippen molar-refractivity contribution in [1.29, 1.82) is 0 Å². The Labute approximate surface area is 170 Å². The Bertz CT molecular complexity index is 1050. The van der Waals surface area contributed by atoms with E-state index in [2.05, 4.69) is 15.3 Å². The van der Waals surface area contributed by atoms with Gasteiger partial charge in [-0.15, -0.1) is 0 Å². The first kappa shape index (κ1) is 20.0. The predicted octanol–water partition coefficient (Wildman–Crippen LogP) is 2.82. The molecule has 0 bridgehead atoms. The standard InChI is InChI=1S/C20H18F3N5O2/c1-30-11-18-17(10-26-28(18)14-2-4-24-25-9-14)27-5-3-13(20(27)29)6-12-7-15(21)19(23)16(22)8-12/h2,4,7-10,13H,3,5-6,11H2,1H3. The fraction of sp³-hybridized carbons (Fsp3) is 0.300. The molecule has 0 N–H and O–H groups in total. The number of carbonyl (C=O) groups is 1. The predicted molar refractivity (Wildman–Crippen MR) is 100 cm³/mol. The molecule has 1 aliphatic rings. The average molecular weight is 417 g/mol. The van der Waals surface area contributed by atoms with E-state index in [-0.39, 0.29) is 24.5 Å². The van der Waals surface area contributed by atoms with E-state index in [1.807, 2.05) is 0 Å². The van der Waals surface area contributed by atoms with Crippen LogP contribution in [0.15, 0.2) is 36.8 Å². The van der Waals surface area contributed by atoms with Gasteiger partial charge in [0.25, 0.3) is 0 Å². The summed E-state index contributed by atoms with van der Waals surface area (Å²) in [4.78, 5) is 14.6. The van der Waals surface area contributed by atoms with Crippen molar-refractivity contribution in [2.45, 2.75) is 19.4 Å². The number of nitrogens with zero attached hydrogens (tertiary/aromatic N) is 5. The molecule has 7 nitrogen and oxygen atoms in total. The highest BCUT2D eigenvalue weighted by atomic mass is 19.2. The van der Waals surface area contributed by atoms with Gasteiger partial charge in [-0.1, -0.05) is 0 Å². The van der Waals surface area contributed by atoms with E-state index in [1.54, 1.807) is 28.0 Å². The molecule has 1 unspecified atom stereocenters. The van der Waals surface area contributed by atoms with Gasteiger partial charge in [0.15, 0.2) is 17.5 Å². The van der Waals surface area contributed by atoms with Crippen LogP contribution >= 0.6 is 0 Å². The summed E-state index contributed by atoms with van der Waals surface area (Å²) in [5.74, 6) is -4.70. The van der Waals surface area contributed by atoms with Crippen LogP contribution < -0.4 is 4.90 Å². The Balaban J connectivity index is 1.59. The number of halogens is 3. The molecule has 30 heavy (non-hydrogen) atoms. The van der Waals surface area contributed by atoms with Crippen LogP contribution in [0.5, 0.6) is 0 Å². The third kappa shape index (κ3) is 3.65. The molecule has 0 radical (unpaired) electrons. The number of benzene rings is 1. The molecule has 1 fully saturated rings. The van der Waals surface area contributed by atoms with E-state index in [1.165, 1.54) is 13.3 Å². The fourth-order valence-corrected chi connectivity index (χ4v) is 3.67. The van der Waals surface area contributed by atoms with Crippen molar-refractivity contribution in [1.82, 2.24) is 20.0 Å².